The Bertz CT molecular complexity index is 646. The first-order valence-corrected chi connectivity index (χ1v) is 7.10. The third-order valence-electron chi connectivity index (χ3n) is 2.84. The summed E-state index contributed by atoms with van der Waals surface area (Å²) in [4.78, 5) is 8.41. The number of ether oxygens (including phenoxy) is 1. The summed E-state index contributed by atoms with van der Waals surface area (Å²) in [5.74, 6) is 0.796. The summed E-state index contributed by atoms with van der Waals surface area (Å²) in [5.41, 5.74) is 6.53. The summed E-state index contributed by atoms with van der Waals surface area (Å²) >= 11 is 0. The largest absolute Gasteiger partial charge is 0.439 e. The molecule has 1 aromatic heterocycles. The highest BCUT2D eigenvalue weighted by molar-refractivity contribution is 5.77. The first-order chi connectivity index (χ1) is 10.7. The molecule has 3 N–H and O–H groups in total. The molecule has 0 saturated carbocycles. The molecule has 0 spiro atoms. The smallest absolute Gasteiger partial charge is 0.224 e. The number of hydrogen-bond acceptors (Lipinski definition) is 3. The Kier molecular flexibility index (Phi) is 5.71. The number of guanidine groups is 1. The molecular weight excluding hydrogens is 283 g/mol. The number of pyridine rings is 1. The molecule has 0 unspecified atom stereocenters. The van der Waals surface area contributed by atoms with Crippen LogP contribution >= 0.6 is 0 Å². The van der Waals surface area contributed by atoms with Gasteiger partial charge in [-0.2, -0.15) is 0 Å². The number of rotatable bonds is 6. The maximum atomic E-state index is 13.2. The zero-order valence-electron chi connectivity index (χ0n) is 12.4. The van der Waals surface area contributed by atoms with Crippen LogP contribution in [0.25, 0.3) is 0 Å². The van der Waals surface area contributed by atoms with Crippen LogP contribution in [0.1, 0.15) is 18.9 Å². The lowest BCUT2D eigenvalue weighted by atomic mass is 10.2. The van der Waals surface area contributed by atoms with Crippen molar-refractivity contribution >= 4 is 5.96 Å². The molecule has 0 saturated heterocycles. The summed E-state index contributed by atoms with van der Waals surface area (Å²) in [6.07, 6.45) is 2.58. The standard InChI is InChI=1S/C16H19FN4O/c1-2-8-20-16(18)21-11-12-5-4-9-19-15(12)22-14-7-3-6-13(17)10-14/h3-7,9-10H,2,8,11H2,1H3,(H3,18,20,21). The van der Waals surface area contributed by atoms with Crippen LogP contribution in [0.15, 0.2) is 47.6 Å². The van der Waals surface area contributed by atoms with Gasteiger partial charge in [0.1, 0.15) is 11.6 Å². The van der Waals surface area contributed by atoms with Crippen LogP contribution in [0, 0.1) is 5.82 Å². The van der Waals surface area contributed by atoms with Gasteiger partial charge in [-0.15, -0.1) is 0 Å². The van der Waals surface area contributed by atoms with E-state index in [4.69, 9.17) is 10.5 Å². The summed E-state index contributed by atoms with van der Waals surface area (Å²) in [5, 5.41) is 3.00. The molecule has 5 nitrogen and oxygen atoms in total. The van der Waals surface area contributed by atoms with E-state index in [9.17, 15) is 4.39 Å². The van der Waals surface area contributed by atoms with E-state index < -0.39 is 0 Å². The van der Waals surface area contributed by atoms with Crippen LogP contribution in [0.2, 0.25) is 0 Å². The second kappa shape index (κ2) is 7.97. The van der Waals surface area contributed by atoms with Gasteiger partial charge in [-0.1, -0.05) is 19.1 Å². The molecule has 22 heavy (non-hydrogen) atoms. The van der Waals surface area contributed by atoms with Gasteiger partial charge in [0.25, 0.3) is 0 Å². The van der Waals surface area contributed by atoms with Crippen molar-refractivity contribution in [2.75, 3.05) is 6.54 Å². The fourth-order valence-corrected chi connectivity index (χ4v) is 1.76. The van der Waals surface area contributed by atoms with Gasteiger partial charge < -0.3 is 15.8 Å². The van der Waals surface area contributed by atoms with E-state index in [1.54, 1.807) is 24.4 Å². The Morgan fingerprint density at radius 2 is 2.23 bits per heavy atom. The minimum Gasteiger partial charge on any atom is -0.439 e. The molecule has 0 aliphatic rings. The molecule has 0 radical (unpaired) electrons. The zero-order chi connectivity index (χ0) is 15.8. The lowest BCUT2D eigenvalue weighted by molar-refractivity contribution is 0.452. The number of aliphatic imine (C=N–C) groups is 1. The summed E-state index contributed by atoms with van der Waals surface area (Å²) in [7, 11) is 0. The molecule has 0 amide bonds. The highest BCUT2D eigenvalue weighted by atomic mass is 19.1. The highest BCUT2D eigenvalue weighted by Gasteiger charge is 2.06. The van der Waals surface area contributed by atoms with Gasteiger partial charge in [0.05, 0.1) is 6.54 Å². The minimum absolute atomic E-state index is 0.334. The quantitative estimate of drug-likeness (QED) is 0.636. The number of aromatic nitrogens is 1. The van der Waals surface area contributed by atoms with Crippen molar-refractivity contribution in [3.63, 3.8) is 0 Å². The van der Waals surface area contributed by atoms with Crippen molar-refractivity contribution < 1.29 is 9.13 Å². The van der Waals surface area contributed by atoms with E-state index in [0.29, 0.717) is 24.1 Å². The maximum absolute atomic E-state index is 13.2. The third kappa shape index (κ3) is 4.73. The van der Waals surface area contributed by atoms with Crippen LogP contribution in [-0.2, 0) is 6.54 Å². The van der Waals surface area contributed by atoms with E-state index in [2.05, 4.69) is 15.3 Å². The minimum atomic E-state index is -0.360. The van der Waals surface area contributed by atoms with E-state index >= 15 is 0 Å². The molecule has 0 bridgehead atoms. The predicted octanol–water partition coefficient (Wildman–Crippen LogP) is 2.83. The van der Waals surface area contributed by atoms with Gasteiger partial charge in [0.15, 0.2) is 5.96 Å². The first kappa shape index (κ1) is 15.8. The fraction of sp³-hybridized carbons (Fsp3) is 0.250. The van der Waals surface area contributed by atoms with Crippen LogP contribution in [-0.4, -0.2) is 17.5 Å². The SMILES string of the molecule is CCCNC(N)=NCc1cccnc1Oc1cccc(F)c1. The molecule has 0 aliphatic carbocycles. The Balaban J connectivity index is 2.10. The first-order valence-electron chi connectivity index (χ1n) is 7.10. The fourth-order valence-electron chi connectivity index (χ4n) is 1.76. The third-order valence-corrected chi connectivity index (χ3v) is 2.84. The Labute approximate surface area is 129 Å². The molecule has 0 aliphatic heterocycles. The molecular formula is C16H19FN4O. The van der Waals surface area contributed by atoms with E-state index in [0.717, 1.165) is 18.5 Å². The van der Waals surface area contributed by atoms with Crippen molar-refractivity contribution in [2.45, 2.75) is 19.9 Å². The van der Waals surface area contributed by atoms with E-state index in [1.165, 1.54) is 12.1 Å². The molecule has 116 valence electrons. The molecule has 0 fully saturated rings. The number of benzene rings is 1. The van der Waals surface area contributed by atoms with Crippen LogP contribution in [0.5, 0.6) is 11.6 Å². The monoisotopic (exact) mass is 302 g/mol. The van der Waals surface area contributed by atoms with Gasteiger partial charge in [0.2, 0.25) is 5.88 Å². The van der Waals surface area contributed by atoms with Gasteiger partial charge in [-0.05, 0) is 24.6 Å². The Morgan fingerprint density at radius 3 is 3.00 bits per heavy atom. The van der Waals surface area contributed by atoms with Crippen molar-refractivity contribution in [1.29, 1.82) is 0 Å². The topological polar surface area (TPSA) is 72.5 Å². The van der Waals surface area contributed by atoms with Crippen LogP contribution in [0.4, 0.5) is 4.39 Å². The molecule has 0 atom stereocenters. The van der Waals surface area contributed by atoms with Gasteiger partial charge >= 0.3 is 0 Å². The van der Waals surface area contributed by atoms with Crippen molar-refractivity contribution in [2.24, 2.45) is 10.7 Å². The van der Waals surface area contributed by atoms with Crippen molar-refractivity contribution in [3.8, 4) is 11.6 Å². The van der Waals surface area contributed by atoms with Crippen molar-refractivity contribution in [1.82, 2.24) is 10.3 Å². The highest BCUT2D eigenvalue weighted by Crippen LogP contribution is 2.23. The number of nitrogens with two attached hydrogens (primary N) is 1. The van der Waals surface area contributed by atoms with Crippen molar-refractivity contribution in [3.05, 3.63) is 54.0 Å². The molecule has 2 aromatic rings. The predicted molar refractivity (Wildman–Crippen MR) is 84.3 cm³/mol. The average molecular weight is 302 g/mol. The normalized spacial score (nSPS) is 11.3. The van der Waals surface area contributed by atoms with Crippen LogP contribution < -0.4 is 15.8 Å². The van der Waals surface area contributed by atoms with E-state index in [1.807, 2.05) is 13.0 Å². The molecule has 1 aromatic carbocycles. The number of halogens is 1. The maximum Gasteiger partial charge on any atom is 0.224 e. The second-order valence-corrected chi connectivity index (χ2v) is 4.66. The molecule has 1 heterocycles. The summed E-state index contributed by atoms with van der Waals surface area (Å²) < 4.78 is 18.8. The Morgan fingerprint density at radius 1 is 1.36 bits per heavy atom. The van der Waals surface area contributed by atoms with Gasteiger partial charge in [0, 0.05) is 24.4 Å². The van der Waals surface area contributed by atoms with Gasteiger partial charge in [-0.3, -0.25) is 0 Å². The number of nitrogens with one attached hydrogen (secondary N) is 1. The number of hydrogen-bond donors (Lipinski definition) is 2. The Hall–Kier alpha value is -2.63. The molecule has 2 rings (SSSR count). The van der Waals surface area contributed by atoms with Crippen LogP contribution in [0.3, 0.4) is 0 Å². The second-order valence-electron chi connectivity index (χ2n) is 4.66. The zero-order valence-corrected chi connectivity index (χ0v) is 12.4. The lowest BCUT2D eigenvalue weighted by Gasteiger charge is -2.09. The summed E-state index contributed by atoms with van der Waals surface area (Å²) in [6, 6.07) is 9.55. The number of nitrogens with zero attached hydrogens (tertiary/aromatic N) is 2. The van der Waals surface area contributed by atoms with E-state index in [-0.39, 0.29) is 5.82 Å². The average Bonchev–Trinajstić information content (AvgIpc) is 2.52. The lowest BCUT2D eigenvalue weighted by Crippen LogP contribution is -2.32. The summed E-state index contributed by atoms with van der Waals surface area (Å²) in [6.45, 7) is 3.16. The molecule has 6 heteroatoms. The van der Waals surface area contributed by atoms with Gasteiger partial charge in [-0.25, -0.2) is 14.4 Å².